The van der Waals surface area contributed by atoms with Crippen molar-refractivity contribution in [2.45, 2.75) is 25.6 Å². The van der Waals surface area contributed by atoms with E-state index in [2.05, 4.69) is 36.5 Å². The Kier molecular flexibility index (Phi) is 4.90. The number of hydrogen-bond donors (Lipinski definition) is 2. The zero-order valence-electron chi connectivity index (χ0n) is 12.1. The summed E-state index contributed by atoms with van der Waals surface area (Å²) >= 11 is 3.23. The first kappa shape index (κ1) is 15.4. The van der Waals surface area contributed by atoms with Gasteiger partial charge in [-0.2, -0.15) is 0 Å². The van der Waals surface area contributed by atoms with Gasteiger partial charge in [0.15, 0.2) is 0 Å². The van der Waals surface area contributed by atoms with Crippen LogP contribution in [0.2, 0.25) is 0 Å². The van der Waals surface area contributed by atoms with Gasteiger partial charge in [-0.05, 0) is 51.1 Å². The Morgan fingerprint density at radius 3 is 2.14 bits per heavy atom. The number of halogens is 1. The van der Waals surface area contributed by atoms with Crippen molar-refractivity contribution in [3.8, 4) is 0 Å². The van der Waals surface area contributed by atoms with Crippen LogP contribution in [0.15, 0.2) is 30.3 Å². The van der Waals surface area contributed by atoms with Crippen LogP contribution >= 0.6 is 15.9 Å². The van der Waals surface area contributed by atoms with E-state index in [1.807, 2.05) is 44.2 Å². The summed E-state index contributed by atoms with van der Waals surface area (Å²) in [5.41, 5.74) is 3.45. The summed E-state index contributed by atoms with van der Waals surface area (Å²) in [5.74, 6) is 0.492. The summed E-state index contributed by atoms with van der Waals surface area (Å²) < 4.78 is 0. The molecule has 2 aromatic rings. The maximum Gasteiger partial charge on any atom is 0.237 e. The molecule has 0 bridgehead atoms. The first-order valence-corrected chi connectivity index (χ1v) is 7.50. The second-order valence-electron chi connectivity index (χ2n) is 4.78. The number of aryl methyl sites for hydroxylation is 2. The summed E-state index contributed by atoms with van der Waals surface area (Å²) in [6, 6.07) is 9.33. The molecule has 0 aliphatic heterocycles. The molecule has 0 radical (unpaired) electrons. The highest BCUT2D eigenvalue weighted by molar-refractivity contribution is 9.10. The summed E-state index contributed by atoms with van der Waals surface area (Å²) in [6.45, 7) is 5.64. The Hall–Kier alpha value is -1.95. The largest absolute Gasteiger partial charge is 0.325 e. The van der Waals surface area contributed by atoms with Crippen molar-refractivity contribution in [1.29, 1.82) is 0 Å². The summed E-state index contributed by atoms with van der Waals surface area (Å²) in [6.07, 6.45) is 0. The van der Waals surface area contributed by atoms with Gasteiger partial charge in [-0.25, -0.2) is 9.97 Å². The number of nitrogens with zero attached hydrogens (tertiary/aromatic N) is 2. The number of hydrogen-bond acceptors (Lipinski definition) is 4. The topological polar surface area (TPSA) is 66.9 Å². The summed E-state index contributed by atoms with van der Waals surface area (Å²) in [7, 11) is 0. The molecule has 1 aromatic carbocycles. The third-order valence-corrected chi connectivity index (χ3v) is 3.17. The van der Waals surface area contributed by atoms with Crippen molar-refractivity contribution in [1.82, 2.24) is 9.97 Å². The van der Waals surface area contributed by atoms with Crippen LogP contribution in [0.1, 0.15) is 18.3 Å². The van der Waals surface area contributed by atoms with Gasteiger partial charge in [-0.3, -0.25) is 4.79 Å². The first-order valence-electron chi connectivity index (χ1n) is 6.58. The predicted molar refractivity (Wildman–Crippen MR) is 88.2 cm³/mol. The number of alkyl halides is 1. The Morgan fingerprint density at radius 2 is 1.62 bits per heavy atom. The number of nitrogens with one attached hydrogen (secondary N) is 2. The molecule has 2 rings (SSSR count). The van der Waals surface area contributed by atoms with E-state index in [0.29, 0.717) is 5.95 Å². The smallest absolute Gasteiger partial charge is 0.237 e. The van der Waals surface area contributed by atoms with Crippen molar-refractivity contribution >= 4 is 39.2 Å². The molecule has 1 aromatic heterocycles. The van der Waals surface area contributed by atoms with Crippen LogP contribution in [0.25, 0.3) is 0 Å². The average Bonchev–Trinajstić information content (AvgIpc) is 2.39. The zero-order valence-corrected chi connectivity index (χ0v) is 13.7. The Balaban J connectivity index is 2.07. The lowest BCUT2D eigenvalue weighted by Gasteiger charge is -2.09. The molecule has 0 spiro atoms. The SMILES string of the molecule is Cc1cc(C)nc(Nc2ccc(NC(=O)C(C)Br)cc2)n1. The van der Waals surface area contributed by atoms with E-state index in [4.69, 9.17) is 0 Å². The molecular weight excluding hydrogens is 332 g/mol. The van der Waals surface area contributed by atoms with E-state index >= 15 is 0 Å². The van der Waals surface area contributed by atoms with Crippen molar-refractivity contribution < 1.29 is 4.79 Å². The van der Waals surface area contributed by atoms with Crippen LogP contribution in [0, 0.1) is 13.8 Å². The van der Waals surface area contributed by atoms with Crippen LogP contribution < -0.4 is 10.6 Å². The van der Waals surface area contributed by atoms with Gasteiger partial charge in [0.2, 0.25) is 11.9 Å². The number of amides is 1. The molecule has 1 amide bonds. The van der Waals surface area contributed by atoms with Gasteiger partial charge < -0.3 is 10.6 Å². The van der Waals surface area contributed by atoms with Crippen LogP contribution in [0.3, 0.4) is 0 Å². The molecule has 0 aliphatic rings. The second-order valence-corrected chi connectivity index (χ2v) is 6.16. The molecule has 2 N–H and O–H groups in total. The van der Waals surface area contributed by atoms with E-state index in [1.165, 1.54) is 0 Å². The molecule has 1 heterocycles. The lowest BCUT2D eigenvalue weighted by Crippen LogP contribution is -2.19. The zero-order chi connectivity index (χ0) is 15.4. The Labute approximate surface area is 132 Å². The fraction of sp³-hybridized carbons (Fsp3) is 0.267. The number of benzene rings is 1. The monoisotopic (exact) mass is 348 g/mol. The molecule has 0 saturated carbocycles. The number of aromatic nitrogens is 2. The molecule has 110 valence electrons. The van der Waals surface area contributed by atoms with Gasteiger partial charge in [0, 0.05) is 22.8 Å². The quantitative estimate of drug-likeness (QED) is 0.829. The third-order valence-electron chi connectivity index (χ3n) is 2.75. The standard InChI is InChI=1S/C15H17BrN4O/c1-9-8-10(2)18-15(17-9)20-13-6-4-12(5-7-13)19-14(21)11(3)16/h4-8,11H,1-3H3,(H,19,21)(H,17,18,20). The predicted octanol–water partition coefficient (Wildman–Crippen LogP) is 3.56. The number of carbonyl (C=O) groups is 1. The molecule has 21 heavy (non-hydrogen) atoms. The molecule has 0 saturated heterocycles. The lowest BCUT2D eigenvalue weighted by molar-refractivity contribution is -0.115. The molecular formula is C15H17BrN4O. The Bertz CT molecular complexity index is 620. The number of carbonyl (C=O) groups excluding carboxylic acids is 1. The maximum atomic E-state index is 11.6. The highest BCUT2D eigenvalue weighted by Gasteiger charge is 2.08. The van der Waals surface area contributed by atoms with E-state index in [1.54, 1.807) is 6.92 Å². The second kappa shape index (κ2) is 6.67. The molecule has 0 aliphatic carbocycles. The van der Waals surface area contributed by atoms with Crippen molar-refractivity contribution in [2.75, 3.05) is 10.6 Å². The van der Waals surface area contributed by atoms with Crippen LogP contribution in [-0.4, -0.2) is 20.7 Å². The van der Waals surface area contributed by atoms with Gasteiger partial charge in [0.05, 0.1) is 4.83 Å². The van der Waals surface area contributed by atoms with Gasteiger partial charge >= 0.3 is 0 Å². The fourth-order valence-electron chi connectivity index (χ4n) is 1.79. The number of rotatable bonds is 4. The van der Waals surface area contributed by atoms with Gasteiger partial charge in [-0.15, -0.1) is 0 Å². The first-order chi connectivity index (χ1) is 9.94. The van der Waals surface area contributed by atoms with Crippen LogP contribution in [0.5, 0.6) is 0 Å². The summed E-state index contributed by atoms with van der Waals surface area (Å²) in [5, 5.41) is 5.95. The van der Waals surface area contributed by atoms with Crippen molar-refractivity contribution in [3.63, 3.8) is 0 Å². The average molecular weight is 349 g/mol. The van der Waals surface area contributed by atoms with Gasteiger partial charge in [0.1, 0.15) is 0 Å². The van der Waals surface area contributed by atoms with Gasteiger partial charge in [0.25, 0.3) is 0 Å². The minimum atomic E-state index is -0.223. The highest BCUT2D eigenvalue weighted by Crippen LogP contribution is 2.17. The fourth-order valence-corrected chi connectivity index (χ4v) is 1.90. The highest BCUT2D eigenvalue weighted by atomic mass is 79.9. The molecule has 6 heteroatoms. The van der Waals surface area contributed by atoms with E-state index < -0.39 is 0 Å². The molecule has 1 unspecified atom stereocenters. The molecule has 5 nitrogen and oxygen atoms in total. The van der Waals surface area contributed by atoms with E-state index in [9.17, 15) is 4.79 Å². The van der Waals surface area contributed by atoms with E-state index in [0.717, 1.165) is 22.8 Å². The van der Waals surface area contributed by atoms with Crippen molar-refractivity contribution in [2.24, 2.45) is 0 Å². The molecule has 0 fully saturated rings. The van der Waals surface area contributed by atoms with Crippen molar-refractivity contribution in [3.05, 3.63) is 41.7 Å². The van der Waals surface area contributed by atoms with Crippen LogP contribution in [0.4, 0.5) is 17.3 Å². The Morgan fingerprint density at radius 1 is 1.10 bits per heavy atom. The lowest BCUT2D eigenvalue weighted by atomic mass is 10.2. The molecule has 1 atom stereocenters. The minimum Gasteiger partial charge on any atom is -0.325 e. The maximum absolute atomic E-state index is 11.6. The number of anilines is 3. The van der Waals surface area contributed by atoms with E-state index in [-0.39, 0.29) is 10.7 Å². The third kappa shape index (κ3) is 4.53. The normalized spacial score (nSPS) is 11.8. The van der Waals surface area contributed by atoms with Crippen LogP contribution in [-0.2, 0) is 4.79 Å². The summed E-state index contributed by atoms with van der Waals surface area (Å²) in [4.78, 5) is 20.0. The van der Waals surface area contributed by atoms with Gasteiger partial charge in [-0.1, -0.05) is 15.9 Å². The minimum absolute atomic E-state index is 0.0756.